The number of nitrogens with zero attached hydrogens (tertiary/aromatic N) is 1. The first-order valence-electron chi connectivity index (χ1n) is 7.25. The molecule has 0 aliphatic rings. The molecular formula is C17H17N3O4. The summed E-state index contributed by atoms with van der Waals surface area (Å²) in [4.78, 5) is 38.7. The molecule has 0 aliphatic heterocycles. The van der Waals surface area contributed by atoms with Gasteiger partial charge in [0.2, 0.25) is 5.91 Å². The second kappa shape index (κ2) is 7.87. The van der Waals surface area contributed by atoms with Gasteiger partial charge in [0.15, 0.2) is 6.10 Å². The number of carbonyl (C=O) groups is 3. The number of pyridine rings is 1. The standard InChI is InChI=1S/C17H17N3O4/c1-11(24-17(23)13-4-3-9-18-10-13)16(22)20-15-7-5-14(6-8-15)19-12(2)21/h3-11H,1-2H3,(H,19,21)(H,20,22). The Morgan fingerprint density at radius 1 is 1.04 bits per heavy atom. The molecule has 0 radical (unpaired) electrons. The van der Waals surface area contributed by atoms with Crippen molar-refractivity contribution < 1.29 is 19.1 Å². The third-order valence-electron chi connectivity index (χ3n) is 3.02. The summed E-state index contributed by atoms with van der Waals surface area (Å²) in [6.45, 7) is 2.89. The molecule has 0 saturated heterocycles. The van der Waals surface area contributed by atoms with E-state index in [2.05, 4.69) is 15.6 Å². The van der Waals surface area contributed by atoms with Crippen molar-refractivity contribution in [3.05, 3.63) is 54.4 Å². The van der Waals surface area contributed by atoms with E-state index in [1.165, 1.54) is 26.2 Å². The molecule has 2 N–H and O–H groups in total. The number of benzene rings is 1. The maximum Gasteiger partial charge on any atom is 0.340 e. The summed E-state index contributed by atoms with van der Waals surface area (Å²) in [6, 6.07) is 9.75. The normalized spacial score (nSPS) is 11.2. The number of hydrogen-bond donors (Lipinski definition) is 2. The number of aromatic nitrogens is 1. The lowest BCUT2D eigenvalue weighted by molar-refractivity contribution is -0.123. The highest BCUT2D eigenvalue weighted by atomic mass is 16.5. The van der Waals surface area contributed by atoms with E-state index in [4.69, 9.17) is 4.74 Å². The molecule has 2 aromatic rings. The van der Waals surface area contributed by atoms with Crippen molar-refractivity contribution in [2.24, 2.45) is 0 Å². The molecule has 124 valence electrons. The summed E-state index contributed by atoms with van der Waals surface area (Å²) in [6.07, 6.45) is 1.94. The number of hydrogen-bond acceptors (Lipinski definition) is 5. The Hall–Kier alpha value is -3.22. The van der Waals surface area contributed by atoms with Crippen LogP contribution in [-0.4, -0.2) is 28.9 Å². The molecule has 0 bridgehead atoms. The van der Waals surface area contributed by atoms with E-state index in [0.717, 1.165) is 0 Å². The monoisotopic (exact) mass is 327 g/mol. The molecule has 1 atom stereocenters. The van der Waals surface area contributed by atoms with Crippen LogP contribution in [0.25, 0.3) is 0 Å². The van der Waals surface area contributed by atoms with Crippen LogP contribution in [-0.2, 0) is 14.3 Å². The van der Waals surface area contributed by atoms with Gasteiger partial charge in [0, 0.05) is 30.7 Å². The zero-order valence-corrected chi connectivity index (χ0v) is 13.3. The van der Waals surface area contributed by atoms with Crippen molar-refractivity contribution in [1.29, 1.82) is 0 Å². The van der Waals surface area contributed by atoms with Crippen LogP contribution in [0.15, 0.2) is 48.8 Å². The third kappa shape index (κ3) is 4.91. The summed E-state index contributed by atoms with van der Waals surface area (Å²) in [5.74, 6) is -1.26. The zero-order valence-electron chi connectivity index (χ0n) is 13.3. The molecule has 7 nitrogen and oxygen atoms in total. The maximum atomic E-state index is 12.1. The third-order valence-corrected chi connectivity index (χ3v) is 3.02. The fourth-order valence-electron chi connectivity index (χ4n) is 1.85. The van der Waals surface area contributed by atoms with Gasteiger partial charge in [0.25, 0.3) is 5.91 Å². The molecular weight excluding hydrogens is 310 g/mol. The van der Waals surface area contributed by atoms with Gasteiger partial charge in [0.1, 0.15) is 0 Å². The van der Waals surface area contributed by atoms with E-state index in [1.807, 2.05) is 0 Å². The lowest BCUT2D eigenvalue weighted by Crippen LogP contribution is -2.30. The first-order valence-corrected chi connectivity index (χ1v) is 7.25. The van der Waals surface area contributed by atoms with Crippen molar-refractivity contribution in [2.45, 2.75) is 20.0 Å². The summed E-state index contributed by atoms with van der Waals surface area (Å²) in [5.41, 5.74) is 1.42. The first-order chi connectivity index (χ1) is 11.5. The van der Waals surface area contributed by atoms with Crippen molar-refractivity contribution >= 4 is 29.2 Å². The van der Waals surface area contributed by atoms with Gasteiger partial charge in [0.05, 0.1) is 5.56 Å². The molecule has 2 rings (SSSR count). The average Bonchev–Trinajstić information content (AvgIpc) is 2.56. The predicted octanol–water partition coefficient (Wildman–Crippen LogP) is 2.22. The number of rotatable bonds is 5. The van der Waals surface area contributed by atoms with Gasteiger partial charge in [-0.3, -0.25) is 14.6 Å². The van der Waals surface area contributed by atoms with Crippen LogP contribution in [0.4, 0.5) is 11.4 Å². The SMILES string of the molecule is CC(=O)Nc1ccc(NC(=O)C(C)OC(=O)c2cccnc2)cc1. The Morgan fingerprint density at radius 3 is 2.21 bits per heavy atom. The van der Waals surface area contributed by atoms with Crippen molar-refractivity contribution in [3.63, 3.8) is 0 Å². The lowest BCUT2D eigenvalue weighted by atomic mass is 10.2. The molecule has 0 aliphatic carbocycles. The predicted molar refractivity (Wildman–Crippen MR) is 88.5 cm³/mol. The molecule has 1 unspecified atom stereocenters. The highest BCUT2D eigenvalue weighted by Crippen LogP contribution is 2.14. The first kappa shape index (κ1) is 17.1. The minimum absolute atomic E-state index is 0.178. The molecule has 2 amide bonds. The van der Waals surface area contributed by atoms with Gasteiger partial charge in [-0.05, 0) is 43.3 Å². The number of nitrogens with one attached hydrogen (secondary N) is 2. The van der Waals surface area contributed by atoms with Crippen LogP contribution in [0.5, 0.6) is 0 Å². The smallest absolute Gasteiger partial charge is 0.340 e. The van der Waals surface area contributed by atoms with E-state index in [0.29, 0.717) is 11.4 Å². The highest BCUT2D eigenvalue weighted by Gasteiger charge is 2.19. The Labute approximate surface area is 139 Å². The maximum absolute atomic E-state index is 12.1. The minimum Gasteiger partial charge on any atom is -0.449 e. The number of amides is 2. The van der Waals surface area contributed by atoms with E-state index in [-0.39, 0.29) is 11.5 Å². The molecule has 0 fully saturated rings. The van der Waals surface area contributed by atoms with Crippen LogP contribution < -0.4 is 10.6 Å². The summed E-state index contributed by atoms with van der Waals surface area (Å²) in [7, 11) is 0. The van der Waals surface area contributed by atoms with Crippen LogP contribution >= 0.6 is 0 Å². The Kier molecular flexibility index (Phi) is 5.62. The lowest BCUT2D eigenvalue weighted by Gasteiger charge is -2.13. The molecule has 0 saturated carbocycles. The molecule has 24 heavy (non-hydrogen) atoms. The van der Waals surface area contributed by atoms with Crippen molar-refractivity contribution in [3.8, 4) is 0 Å². The average molecular weight is 327 g/mol. The van der Waals surface area contributed by atoms with Gasteiger partial charge < -0.3 is 15.4 Å². The van der Waals surface area contributed by atoms with Crippen LogP contribution in [0.2, 0.25) is 0 Å². The second-order valence-corrected chi connectivity index (χ2v) is 5.04. The molecule has 1 aromatic carbocycles. The van der Waals surface area contributed by atoms with Crippen LogP contribution in [0, 0.1) is 0 Å². The van der Waals surface area contributed by atoms with E-state index in [1.54, 1.807) is 36.4 Å². The minimum atomic E-state index is -0.965. The van der Waals surface area contributed by atoms with E-state index >= 15 is 0 Å². The van der Waals surface area contributed by atoms with Gasteiger partial charge >= 0.3 is 5.97 Å². The van der Waals surface area contributed by atoms with Gasteiger partial charge in [-0.1, -0.05) is 0 Å². The Morgan fingerprint density at radius 2 is 1.67 bits per heavy atom. The van der Waals surface area contributed by atoms with Gasteiger partial charge in [-0.2, -0.15) is 0 Å². The quantitative estimate of drug-likeness (QED) is 0.821. The Bertz CT molecular complexity index is 729. The fraction of sp³-hybridized carbons (Fsp3) is 0.176. The zero-order chi connectivity index (χ0) is 17.5. The number of esters is 1. The topological polar surface area (TPSA) is 97.4 Å². The van der Waals surface area contributed by atoms with Crippen LogP contribution in [0.3, 0.4) is 0 Å². The van der Waals surface area contributed by atoms with Gasteiger partial charge in [-0.25, -0.2) is 4.79 Å². The van der Waals surface area contributed by atoms with E-state index < -0.39 is 18.0 Å². The Balaban J connectivity index is 1.91. The molecule has 1 aromatic heterocycles. The summed E-state index contributed by atoms with van der Waals surface area (Å²) < 4.78 is 5.10. The molecule has 7 heteroatoms. The molecule has 0 spiro atoms. The van der Waals surface area contributed by atoms with Crippen molar-refractivity contribution in [1.82, 2.24) is 4.98 Å². The highest BCUT2D eigenvalue weighted by molar-refractivity contribution is 5.97. The van der Waals surface area contributed by atoms with Crippen LogP contribution in [0.1, 0.15) is 24.2 Å². The fourth-order valence-corrected chi connectivity index (χ4v) is 1.85. The second-order valence-electron chi connectivity index (χ2n) is 5.04. The van der Waals surface area contributed by atoms with Gasteiger partial charge in [-0.15, -0.1) is 0 Å². The number of anilines is 2. The summed E-state index contributed by atoms with van der Waals surface area (Å²) >= 11 is 0. The largest absolute Gasteiger partial charge is 0.449 e. The number of ether oxygens (including phenoxy) is 1. The molecule has 1 heterocycles. The summed E-state index contributed by atoms with van der Waals surface area (Å²) in [5, 5.41) is 5.26. The van der Waals surface area contributed by atoms with Crippen molar-refractivity contribution in [2.75, 3.05) is 10.6 Å². The number of carbonyl (C=O) groups excluding carboxylic acids is 3. The van der Waals surface area contributed by atoms with E-state index in [9.17, 15) is 14.4 Å².